The average Bonchev–Trinajstić information content (AvgIpc) is 3.92. The molecule has 2 saturated carbocycles. The summed E-state index contributed by atoms with van der Waals surface area (Å²) in [5, 5.41) is 0.194. The van der Waals surface area contributed by atoms with Crippen molar-refractivity contribution in [2.75, 3.05) is 18.0 Å². The molecular formula is C33H32F3N7O2. The SMILES string of the molecule is C=CC(=O)N1C[C@H](C)N(c2nc(=O)n(-c3c(C4CC4)nc(C)nc3C3CC3)c3nc(-c4c(F)cccc4F)c(F)cc23)C[C@H]1C. The summed E-state index contributed by atoms with van der Waals surface area (Å²) < 4.78 is 47.4. The van der Waals surface area contributed by atoms with Gasteiger partial charge in [0.05, 0.1) is 28.0 Å². The Bertz CT molecular complexity index is 1900. The molecule has 232 valence electrons. The largest absolute Gasteiger partial charge is 0.355 e. The van der Waals surface area contributed by atoms with E-state index in [4.69, 9.17) is 9.97 Å². The molecular weight excluding hydrogens is 583 g/mol. The van der Waals surface area contributed by atoms with Gasteiger partial charge in [-0.05, 0) is 70.7 Å². The van der Waals surface area contributed by atoms with E-state index in [2.05, 4.69) is 16.5 Å². The number of halogens is 3. The molecule has 2 aliphatic carbocycles. The zero-order chi connectivity index (χ0) is 31.7. The molecule has 0 bridgehead atoms. The minimum absolute atomic E-state index is 0.00440. The lowest BCUT2D eigenvalue weighted by atomic mass is 10.1. The van der Waals surface area contributed by atoms with Crippen molar-refractivity contribution in [2.24, 2.45) is 0 Å². The van der Waals surface area contributed by atoms with Crippen molar-refractivity contribution in [1.82, 2.24) is 29.4 Å². The van der Waals surface area contributed by atoms with Crippen LogP contribution < -0.4 is 10.6 Å². The van der Waals surface area contributed by atoms with Gasteiger partial charge in [-0.2, -0.15) is 4.98 Å². The van der Waals surface area contributed by atoms with Crippen LogP contribution in [0.25, 0.3) is 28.0 Å². The molecule has 3 aliphatic rings. The van der Waals surface area contributed by atoms with E-state index >= 15 is 13.2 Å². The minimum Gasteiger partial charge on any atom is -0.349 e. The maximum Gasteiger partial charge on any atom is 0.355 e. The van der Waals surface area contributed by atoms with Crippen LogP contribution in [0.3, 0.4) is 0 Å². The third kappa shape index (κ3) is 4.96. The van der Waals surface area contributed by atoms with E-state index in [1.165, 1.54) is 16.7 Å². The highest BCUT2D eigenvalue weighted by Crippen LogP contribution is 2.48. The molecule has 4 heterocycles. The number of benzene rings is 1. The van der Waals surface area contributed by atoms with Crippen molar-refractivity contribution in [1.29, 1.82) is 0 Å². The van der Waals surface area contributed by atoms with Gasteiger partial charge < -0.3 is 9.80 Å². The summed E-state index contributed by atoms with van der Waals surface area (Å²) >= 11 is 0. The number of hydrogen-bond acceptors (Lipinski definition) is 7. The fourth-order valence-electron chi connectivity index (χ4n) is 6.39. The lowest BCUT2D eigenvalue weighted by Gasteiger charge is -2.44. The van der Waals surface area contributed by atoms with E-state index in [1.807, 2.05) is 25.7 Å². The predicted molar refractivity (Wildman–Crippen MR) is 163 cm³/mol. The smallest absolute Gasteiger partial charge is 0.349 e. The number of hydrogen-bond donors (Lipinski definition) is 0. The van der Waals surface area contributed by atoms with Gasteiger partial charge in [-0.3, -0.25) is 4.79 Å². The molecule has 3 fully saturated rings. The van der Waals surface area contributed by atoms with E-state index in [-0.39, 0.29) is 46.7 Å². The zero-order valence-corrected chi connectivity index (χ0v) is 25.2. The van der Waals surface area contributed by atoms with Crippen LogP contribution >= 0.6 is 0 Å². The molecule has 4 aromatic rings. The Morgan fingerprint density at radius 3 is 2.11 bits per heavy atom. The summed E-state index contributed by atoms with van der Waals surface area (Å²) in [6.45, 7) is 9.78. The molecule has 7 rings (SSSR count). The van der Waals surface area contributed by atoms with Gasteiger partial charge in [0, 0.05) is 37.0 Å². The van der Waals surface area contributed by atoms with Crippen LogP contribution in [0.2, 0.25) is 0 Å². The maximum atomic E-state index is 16.0. The molecule has 2 atom stereocenters. The summed E-state index contributed by atoms with van der Waals surface area (Å²) in [7, 11) is 0. The van der Waals surface area contributed by atoms with E-state index < -0.39 is 34.4 Å². The lowest BCUT2D eigenvalue weighted by Crippen LogP contribution is -2.58. The van der Waals surface area contributed by atoms with Crippen molar-refractivity contribution in [2.45, 2.75) is 70.4 Å². The first-order chi connectivity index (χ1) is 21.6. The first kappa shape index (κ1) is 29.1. The van der Waals surface area contributed by atoms with Gasteiger partial charge in [0.15, 0.2) is 11.5 Å². The molecule has 12 heteroatoms. The number of carbonyl (C=O) groups excluding carboxylic acids is 1. The number of anilines is 1. The second-order valence-corrected chi connectivity index (χ2v) is 12.3. The van der Waals surface area contributed by atoms with Crippen LogP contribution in [0.4, 0.5) is 19.0 Å². The molecule has 1 aliphatic heterocycles. The summed E-state index contributed by atoms with van der Waals surface area (Å²) in [6.07, 6.45) is 4.82. The first-order valence-corrected chi connectivity index (χ1v) is 15.2. The van der Waals surface area contributed by atoms with Crippen LogP contribution in [0.1, 0.15) is 68.6 Å². The molecule has 1 aromatic carbocycles. The van der Waals surface area contributed by atoms with E-state index in [0.717, 1.165) is 43.9 Å². The van der Waals surface area contributed by atoms with Crippen molar-refractivity contribution >= 4 is 22.8 Å². The Labute approximate surface area is 257 Å². The number of pyridine rings is 1. The lowest BCUT2D eigenvalue weighted by molar-refractivity contribution is -0.128. The van der Waals surface area contributed by atoms with Crippen molar-refractivity contribution in [3.05, 3.63) is 82.1 Å². The highest BCUT2D eigenvalue weighted by molar-refractivity contribution is 5.91. The topological polar surface area (TPSA) is 97.1 Å². The molecule has 1 amide bonds. The molecule has 0 unspecified atom stereocenters. The number of rotatable bonds is 6. The quantitative estimate of drug-likeness (QED) is 0.271. The molecule has 1 saturated heterocycles. The van der Waals surface area contributed by atoms with Crippen molar-refractivity contribution in [3.8, 4) is 16.9 Å². The average molecular weight is 616 g/mol. The predicted octanol–water partition coefficient (Wildman–Crippen LogP) is 5.33. The van der Waals surface area contributed by atoms with Gasteiger partial charge in [-0.25, -0.2) is 37.5 Å². The van der Waals surface area contributed by atoms with E-state index in [1.54, 1.807) is 4.90 Å². The Morgan fingerprint density at radius 1 is 0.911 bits per heavy atom. The Balaban J connectivity index is 1.52. The first-order valence-electron chi connectivity index (χ1n) is 15.2. The maximum absolute atomic E-state index is 16.0. The number of aromatic nitrogens is 5. The van der Waals surface area contributed by atoms with Gasteiger partial charge in [-0.15, -0.1) is 0 Å². The second-order valence-electron chi connectivity index (χ2n) is 12.3. The third-order valence-electron chi connectivity index (χ3n) is 8.92. The molecule has 45 heavy (non-hydrogen) atoms. The van der Waals surface area contributed by atoms with Crippen LogP contribution in [-0.4, -0.2) is 60.5 Å². The Hall–Kier alpha value is -4.61. The van der Waals surface area contributed by atoms with Gasteiger partial charge in [0.25, 0.3) is 0 Å². The van der Waals surface area contributed by atoms with E-state index in [9.17, 15) is 9.59 Å². The van der Waals surface area contributed by atoms with Crippen molar-refractivity contribution < 1.29 is 18.0 Å². The molecule has 0 radical (unpaired) electrons. The summed E-state index contributed by atoms with van der Waals surface area (Å²) in [5.74, 6) is -2.15. The number of fused-ring (bicyclic) bond motifs is 1. The monoisotopic (exact) mass is 615 g/mol. The van der Waals surface area contributed by atoms with Gasteiger partial charge >= 0.3 is 5.69 Å². The van der Waals surface area contributed by atoms with Crippen molar-refractivity contribution in [3.63, 3.8) is 0 Å². The number of piperazine rings is 1. The molecule has 0 spiro atoms. The Morgan fingerprint density at radius 2 is 1.53 bits per heavy atom. The zero-order valence-electron chi connectivity index (χ0n) is 25.2. The summed E-state index contributed by atoms with van der Waals surface area (Å²) in [4.78, 5) is 48.8. The van der Waals surface area contributed by atoms with Gasteiger partial charge in [0.2, 0.25) is 5.91 Å². The number of carbonyl (C=O) groups is 1. The minimum atomic E-state index is -0.981. The molecule has 3 aromatic heterocycles. The van der Waals surface area contributed by atoms with Crippen LogP contribution in [0, 0.1) is 24.4 Å². The molecule has 0 N–H and O–H groups in total. The van der Waals surface area contributed by atoms with Crippen LogP contribution in [-0.2, 0) is 4.79 Å². The van der Waals surface area contributed by atoms with Crippen LogP contribution in [0.5, 0.6) is 0 Å². The summed E-state index contributed by atoms with van der Waals surface area (Å²) in [6, 6.07) is 3.82. The third-order valence-corrected chi connectivity index (χ3v) is 8.92. The highest BCUT2D eigenvalue weighted by atomic mass is 19.1. The highest BCUT2D eigenvalue weighted by Gasteiger charge is 2.38. The summed E-state index contributed by atoms with van der Waals surface area (Å²) in [5.41, 5.74) is 0.0119. The number of aryl methyl sites for hydroxylation is 1. The Kier molecular flexibility index (Phi) is 6.97. The van der Waals surface area contributed by atoms with Gasteiger partial charge in [-0.1, -0.05) is 12.6 Å². The fourth-order valence-corrected chi connectivity index (χ4v) is 6.39. The van der Waals surface area contributed by atoms with E-state index in [0.29, 0.717) is 36.0 Å². The fraction of sp³-hybridized carbons (Fsp3) is 0.394. The number of nitrogens with zero attached hydrogens (tertiary/aromatic N) is 7. The second kappa shape index (κ2) is 10.8. The van der Waals surface area contributed by atoms with Crippen LogP contribution in [0.15, 0.2) is 41.7 Å². The number of amides is 1. The molecule has 9 nitrogen and oxygen atoms in total. The normalized spacial score (nSPS) is 20.1. The van der Waals surface area contributed by atoms with Gasteiger partial charge in [0.1, 0.15) is 29.0 Å². The standard InChI is InChI=1S/C33H32F3N7O2/c1-5-25(44)41-14-17(3)42(15-16(41)2)31-21-13-24(36)29(26-22(34)7-6-8-23(26)35)39-32(21)43(33(45)40-31)30-27(19-9-10-19)37-18(4)38-28(30)20-11-12-20/h5-8,13,16-17,19-20H,1,9-12,14-15H2,2-4H3/t16-,17+/m1/s1.